The molecule has 15 heavy (non-hydrogen) atoms. The molecule has 0 amide bonds. The summed E-state index contributed by atoms with van der Waals surface area (Å²) < 4.78 is 28.4. The molecular formula is C7H8AsN2NaO4. The second kappa shape index (κ2) is 5.74. The van der Waals surface area contributed by atoms with Crippen LogP contribution in [-0.2, 0) is 3.74 Å². The van der Waals surface area contributed by atoms with E-state index < -0.39 is 20.2 Å². The van der Waals surface area contributed by atoms with Gasteiger partial charge in [-0.05, 0) is 0 Å². The van der Waals surface area contributed by atoms with E-state index in [-0.39, 0.29) is 39.6 Å². The molecule has 76 valence electrons. The Morgan fingerprint density at radius 2 is 1.80 bits per heavy atom. The quantitative estimate of drug-likeness (QED) is 0.284. The summed E-state index contributed by atoms with van der Waals surface area (Å²) in [6, 6.07) is 4.24. The predicted octanol–water partition coefficient (Wildman–Crippen LogP) is -5.44. The number of aliphatic imine (C=N–C) groups is 1. The largest absolute Gasteiger partial charge is 1.00 e. The summed E-state index contributed by atoms with van der Waals surface area (Å²) in [6.07, 6.45) is 0. The summed E-state index contributed by atoms with van der Waals surface area (Å²) in [5.41, 5.74) is 5.06. The zero-order valence-electron chi connectivity index (χ0n) is 7.99. The Labute approximate surface area is 111 Å². The van der Waals surface area contributed by atoms with Crippen molar-refractivity contribution in [3.05, 3.63) is 24.3 Å². The molecule has 0 fully saturated rings. The monoisotopic (exact) mass is 282 g/mol. The van der Waals surface area contributed by atoms with Gasteiger partial charge in [0, 0.05) is 0 Å². The minimum Gasteiger partial charge on any atom is 1.00 e. The molecule has 1 rings (SSSR count). The van der Waals surface area contributed by atoms with Crippen LogP contribution in [0.25, 0.3) is 0 Å². The van der Waals surface area contributed by atoms with E-state index in [9.17, 15) is 8.85 Å². The molecule has 0 saturated carbocycles. The normalized spacial score (nSPS) is 12.0. The molecule has 0 heterocycles. The van der Waals surface area contributed by atoms with Crippen molar-refractivity contribution >= 4 is 30.2 Å². The van der Waals surface area contributed by atoms with Crippen LogP contribution in [0.3, 0.4) is 0 Å². The topological polar surface area (TPSA) is 119 Å². The fourth-order valence-electron chi connectivity index (χ4n) is 0.849. The first-order chi connectivity index (χ1) is 6.39. The summed E-state index contributed by atoms with van der Waals surface area (Å²) in [4.78, 5) is 3.38. The number of hydrogen-bond donors (Lipinski definition) is 3. The van der Waals surface area contributed by atoms with Crippen molar-refractivity contribution < 1.29 is 46.6 Å². The molecule has 4 N–H and O–H groups in total. The van der Waals surface area contributed by atoms with Crippen LogP contribution in [0.15, 0.2) is 29.3 Å². The van der Waals surface area contributed by atoms with Crippen molar-refractivity contribution in [1.82, 2.24) is 0 Å². The van der Waals surface area contributed by atoms with Crippen molar-refractivity contribution in [2.24, 2.45) is 10.7 Å². The molecule has 0 aromatic heterocycles. The second-order valence-corrected chi connectivity index (χ2v) is 5.88. The average molecular weight is 282 g/mol. The van der Waals surface area contributed by atoms with Gasteiger partial charge in [0.05, 0.1) is 0 Å². The number of amidine groups is 1. The van der Waals surface area contributed by atoms with Crippen LogP contribution in [-0.4, -0.2) is 28.4 Å². The van der Waals surface area contributed by atoms with Gasteiger partial charge in [-0.2, -0.15) is 0 Å². The van der Waals surface area contributed by atoms with Gasteiger partial charge in [0.2, 0.25) is 0 Å². The number of nitrogens with two attached hydrogens (primary N) is 1. The van der Waals surface area contributed by atoms with Gasteiger partial charge >= 0.3 is 112 Å². The van der Waals surface area contributed by atoms with Gasteiger partial charge in [-0.15, -0.1) is 0 Å². The minimum atomic E-state index is -4.83. The molecular weight excluding hydrogens is 274 g/mol. The van der Waals surface area contributed by atoms with E-state index in [0.29, 0.717) is 0 Å². The van der Waals surface area contributed by atoms with Crippen molar-refractivity contribution in [1.29, 1.82) is 0 Å². The Balaban J connectivity index is 0.00000196. The Morgan fingerprint density at radius 3 is 2.13 bits per heavy atom. The number of nitrogens with zero attached hydrogens (tertiary/aromatic N) is 1. The Bertz CT molecular complexity index is 396. The van der Waals surface area contributed by atoms with Crippen LogP contribution in [0.5, 0.6) is 0 Å². The van der Waals surface area contributed by atoms with Gasteiger partial charge in [0.1, 0.15) is 0 Å². The first kappa shape index (κ1) is 14.8. The molecule has 0 unspecified atom stereocenters. The van der Waals surface area contributed by atoms with Gasteiger partial charge in [-0.25, -0.2) is 0 Å². The molecule has 1 aromatic carbocycles. The van der Waals surface area contributed by atoms with Crippen LogP contribution in [0.2, 0.25) is 0 Å². The summed E-state index contributed by atoms with van der Waals surface area (Å²) in [6.45, 7) is 0. The summed E-state index contributed by atoms with van der Waals surface area (Å²) in [7, 11) is 0. The molecule has 0 aliphatic rings. The Morgan fingerprint density at radius 1 is 1.33 bits per heavy atom. The third kappa shape index (κ3) is 4.88. The number of benzene rings is 1. The van der Waals surface area contributed by atoms with Crippen LogP contribution in [0, 0.1) is 0 Å². The molecule has 0 spiro atoms. The van der Waals surface area contributed by atoms with E-state index in [2.05, 4.69) is 4.99 Å². The molecule has 0 bridgehead atoms. The molecule has 6 nitrogen and oxygen atoms in total. The van der Waals surface area contributed by atoms with Crippen LogP contribution >= 0.6 is 0 Å². The number of hydrogen-bond acceptors (Lipinski definition) is 3. The van der Waals surface area contributed by atoms with Gasteiger partial charge in [-0.3, -0.25) is 0 Å². The maximum Gasteiger partial charge on any atom is 1.00 e. The van der Waals surface area contributed by atoms with Gasteiger partial charge in [0.25, 0.3) is 0 Å². The van der Waals surface area contributed by atoms with E-state index in [1.165, 1.54) is 24.3 Å². The fraction of sp³-hybridized carbons (Fsp3) is 0. The fourth-order valence-corrected chi connectivity index (χ4v) is 1.98. The van der Waals surface area contributed by atoms with Crippen molar-refractivity contribution in [3.8, 4) is 0 Å². The van der Waals surface area contributed by atoms with Crippen LogP contribution < -0.4 is 44.7 Å². The SMILES string of the molecule is NC([O-])=Nc1ccc([As](=O)(O)O)cc1.[Na+]. The van der Waals surface area contributed by atoms with Crippen molar-refractivity contribution in [2.45, 2.75) is 0 Å². The van der Waals surface area contributed by atoms with Crippen LogP contribution in [0.4, 0.5) is 5.69 Å². The second-order valence-electron chi connectivity index (χ2n) is 2.51. The Hall–Kier alpha value is -0.232. The summed E-state index contributed by atoms with van der Waals surface area (Å²) in [5.74, 6) is 0. The first-order valence-corrected chi connectivity index (χ1v) is 6.95. The Kier molecular flexibility index (Phi) is 5.66. The van der Waals surface area contributed by atoms with Crippen LogP contribution in [0.1, 0.15) is 0 Å². The summed E-state index contributed by atoms with van der Waals surface area (Å²) in [5, 5.41) is 10.4. The molecule has 0 aliphatic heterocycles. The van der Waals surface area contributed by atoms with Crippen molar-refractivity contribution in [3.63, 3.8) is 0 Å². The van der Waals surface area contributed by atoms with E-state index >= 15 is 0 Å². The standard InChI is InChI=1S/C7H9AsN2O4.Na/c9-7(11)10-6-3-1-5(2-4-6)8(12,13)14;/h1-4H,(H3,9,10,11)(H2,12,13,14);/q;+1/p-1. The van der Waals surface area contributed by atoms with Gasteiger partial charge in [-0.1, -0.05) is 0 Å². The van der Waals surface area contributed by atoms with Gasteiger partial charge in [0.15, 0.2) is 0 Å². The molecule has 1 aromatic rings. The van der Waals surface area contributed by atoms with Gasteiger partial charge < -0.3 is 0 Å². The zero-order chi connectivity index (χ0) is 10.8. The average Bonchev–Trinajstić information content (AvgIpc) is 2.02. The summed E-state index contributed by atoms with van der Waals surface area (Å²) >= 11 is -4.83. The molecule has 0 aliphatic carbocycles. The molecule has 0 saturated heterocycles. The first-order valence-electron chi connectivity index (χ1n) is 3.57. The maximum atomic E-state index is 10.8. The third-order valence-electron chi connectivity index (χ3n) is 1.43. The molecule has 8 heteroatoms. The maximum absolute atomic E-state index is 10.8. The smallest absolute Gasteiger partial charge is 1.00 e. The zero-order valence-corrected chi connectivity index (χ0v) is 11.9. The van der Waals surface area contributed by atoms with E-state index in [1.807, 2.05) is 0 Å². The van der Waals surface area contributed by atoms with E-state index in [4.69, 9.17) is 13.9 Å². The predicted molar refractivity (Wildman–Crippen MR) is 48.2 cm³/mol. The molecule has 0 radical (unpaired) electrons. The van der Waals surface area contributed by atoms with Crippen molar-refractivity contribution in [2.75, 3.05) is 0 Å². The third-order valence-corrected chi connectivity index (χ3v) is 3.46. The molecule has 0 atom stereocenters. The van der Waals surface area contributed by atoms with E-state index in [1.54, 1.807) is 0 Å². The van der Waals surface area contributed by atoms with E-state index in [0.717, 1.165) is 0 Å². The minimum absolute atomic E-state index is 0. The number of rotatable bonds is 2.